The summed E-state index contributed by atoms with van der Waals surface area (Å²) in [7, 11) is 0. The standard InChI is InChI=1S/3CH2O3.2Cu.2H3N/c3*2-1(3)4;;;;/h3*(H2,2,3,4);;;2*1H3/q;;;2*+2;;/p-4. The van der Waals surface area contributed by atoms with Crippen LogP contribution >= 0.6 is 0 Å². The topological polar surface area (TPSA) is 263 Å². The minimum absolute atomic E-state index is 0. The maximum atomic E-state index is 8.33. The fourth-order valence-corrected chi connectivity index (χ4v) is 0. The molecule has 0 rings (SSSR count). The van der Waals surface area contributed by atoms with E-state index in [0.717, 1.165) is 0 Å². The van der Waals surface area contributed by atoms with Crippen molar-refractivity contribution in [2.24, 2.45) is 0 Å². The van der Waals surface area contributed by atoms with Crippen LogP contribution in [0.3, 0.4) is 0 Å². The van der Waals surface area contributed by atoms with E-state index in [1.165, 1.54) is 0 Å². The first kappa shape index (κ1) is 46.4. The van der Waals surface area contributed by atoms with E-state index in [-0.39, 0.29) is 46.4 Å². The number of hydrogen-bond acceptors (Lipinski definition) is 9. The normalized spacial score (nSPS) is 4.50. The minimum Gasteiger partial charge on any atom is -0.652 e. The van der Waals surface area contributed by atoms with Crippen molar-refractivity contribution in [3.05, 3.63) is 0 Å². The van der Waals surface area contributed by atoms with Crippen LogP contribution in [0.4, 0.5) is 14.4 Å². The molecule has 11 nitrogen and oxygen atoms in total. The van der Waals surface area contributed by atoms with E-state index in [2.05, 4.69) is 0 Å². The number of carboxylic acid groups (broad SMARTS) is 6. The predicted molar refractivity (Wildman–Crippen MR) is 28.2 cm³/mol. The number of hydrogen-bond donors (Lipinski definition) is 2. The summed E-state index contributed by atoms with van der Waals surface area (Å²) in [4.78, 5) is 25.0. The molecule has 0 heterocycles. The maximum absolute atomic E-state index is 8.33. The Kier molecular flexibility index (Phi) is 108. The molecule has 0 spiro atoms. The van der Waals surface area contributed by atoms with Crippen molar-refractivity contribution in [1.29, 1.82) is 0 Å². The van der Waals surface area contributed by atoms with Gasteiger partial charge in [-0.05, 0) is 18.5 Å². The Morgan fingerprint density at radius 2 is 0.500 bits per heavy atom. The molecule has 0 bridgehead atoms. The van der Waals surface area contributed by atoms with Gasteiger partial charge in [-0.2, -0.15) is 0 Å². The molecule has 0 amide bonds. The SMILES string of the molecule is O=C([O-])[O-].O=C([O-])[O-].O=C([O-])[O-].[Cu+2].[Cu+2].[NH4+].[NH4+]. The van der Waals surface area contributed by atoms with Crippen molar-refractivity contribution in [3.63, 3.8) is 0 Å². The molecule has 0 aliphatic rings. The van der Waals surface area contributed by atoms with Crippen LogP contribution in [0.1, 0.15) is 0 Å². The molecular formula is C3H8Cu2N2O9. The Labute approximate surface area is 110 Å². The van der Waals surface area contributed by atoms with E-state index < -0.39 is 18.5 Å². The predicted octanol–water partition coefficient (Wildman–Crippen LogP) is -6.59. The molecule has 16 heavy (non-hydrogen) atoms. The summed E-state index contributed by atoms with van der Waals surface area (Å²) in [5.41, 5.74) is 0. The Morgan fingerprint density at radius 3 is 0.500 bits per heavy atom. The van der Waals surface area contributed by atoms with Gasteiger partial charge in [0.1, 0.15) is 0 Å². The molecule has 0 aromatic rings. The van der Waals surface area contributed by atoms with E-state index in [4.69, 9.17) is 45.0 Å². The van der Waals surface area contributed by atoms with Crippen molar-refractivity contribution in [3.8, 4) is 0 Å². The van der Waals surface area contributed by atoms with E-state index in [1.54, 1.807) is 0 Å². The Bertz CT molecular complexity index is 124. The van der Waals surface area contributed by atoms with Gasteiger partial charge in [-0.25, -0.2) is 0 Å². The van der Waals surface area contributed by atoms with Gasteiger partial charge >= 0.3 is 34.1 Å². The van der Waals surface area contributed by atoms with E-state index in [0.29, 0.717) is 0 Å². The summed E-state index contributed by atoms with van der Waals surface area (Å²) in [6.07, 6.45) is -7.00. The largest absolute Gasteiger partial charge is 2.00 e. The number of rotatable bonds is 0. The minimum atomic E-state index is -2.33. The van der Waals surface area contributed by atoms with Crippen LogP contribution in [0.2, 0.25) is 0 Å². The Morgan fingerprint density at radius 1 is 0.500 bits per heavy atom. The average molecular weight is 343 g/mol. The number of quaternary nitrogens is 2. The fraction of sp³-hybridized carbons (Fsp3) is 0. The van der Waals surface area contributed by atoms with Gasteiger partial charge in [0, 0.05) is 0 Å². The molecule has 8 N–H and O–H groups in total. The molecule has 0 unspecified atom stereocenters. The van der Waals surface area contributed by atoms with Crippen LogP contribution < -0.4 is 42.9 Å². The maximum Gasteiger partial charge on any atom is 2.00 e. The molecule has 0 saturated carbocycles. The van der Waals surface area contributed by atoms with Gasteiger partial charge in [-0.1, -0.05) is 0 Å². The van der Waals surface area contributed by atoms with Crippen molar-refractivity contribution in [1.82, 2.24) is 12.3 Å². The van der Waals surface area contributed by atoms with Crippen LogP contribution in [-0.2, 0) is 34.1 Å². The fourth-order valence-electron chi connectivity index (χ4n) is 0. The number of carbonyl (C=O) groups is 3. The first-order chi connectivity index (χ1) is 5.20. The summed E-state index contributed by atoms with van der Waals surface area (Å²) in [5, 5.41) is 50.0. The monoisotopic (exact) mass is 342 g/mol. The summed E-state index contributed by atoms with van der Waals surface area (Å²) < 4.78 is 0. The van der Waals surface area contributed by atoms with Gasteiger partial charge in [-0.3, -0.25) is 0 Å². The molecule has 0 atom stereocenters. The second-order valence-electron chi connectivity index (χ2n) is 0.750. The molecule has 0 aliphatic carbocycles. The summed E-state index contributed by atoms with van der Waals surface area (Å²) in [6, 6.07) is 0. The molecular weight excluding hydrogens is 335 g/mol. The van der Waals surface area contributed by atoms with Gasteiger partial charge in [0.2, 0.25) is 0 Å². The van der Waals surface area contributed by atoms with Gasteiger partial charge < -0.3 is 57.3 Å². The van der Waals surface area contributed by atoms with E-state index >= 15 is 0 Å². The van der Waals surface area contributed by atoms with Crippen LogP contribution in [0.25, 0.3) is 0 Å². The van der Waals surface area contributed by atoms with Crippen LogP contribution in [-0.4, -0.2) is 18.5 Å². The summed E-state index contributed by atoms with van der Waals surface area (Å²) in [5.74, 6) is 0. The Hall–Kier alpha value is -1.23. The zero-order valence-corrected chi connectivity index (χ0v) is 9.66. The van der Waals surface area contributed by atoms with Crippen LogP contribution in [0.5, 0.6) is 0 Å². The molecule has 0 fully saturated rings. The van der Waals surface area contributed by atoms with Crippen molar-refractivity contribution in [2.45, 2.75) is 0 Å². The second-order valence-corrected chi connectivity index (χ2v) is 0.750. The Balaban J connectivity index is -0.0000000135. The quantitative estimate of drug-likeness (QED) is 0.395. The summed E-state index contributed by atoms with van der Waals surface area (Å²) in [6.45, 7) is 0. The van der Waals surface area contributed by atoms with Gasteiger partial charge in [0.25, 0.3) is 0 Å². The third-order valence-corrected chi connectivity index (χ3v) is 0. The molecule has 0 aliphatic heterocycles. The smallest absolute Gasteiger partial charge is 0.652 e. The van der Waals surface area contributed by atoms with Crippen molar-refractivity contribution >= 4 is 18.5 Å². The van der Waals surface area contributed by atoms with E-state index in [9.17, 15) is 0 Å². The van der Waals surface area contributed by atoms with Gasteiger partial charge in [-0.15, -0.1) is 0 Å². The number of carbonyl (C=O) groups excluding carboxylic acids is 3. The van der Waals surface area contributed by atoms with Crippen molar-refractivity contribution in [2.75, 3.05) is 0 Å². The molecule has 0 aromatic carbocycles. The second kappa shape index (κ2) is 37.2. The van der Waals surface area contributed by atoms with Crippen LogP contribution in [0, 0.1) is 0 Å². The summed E-state index contributed by atoms with van der Waals surface area (Å²) >= 11 is 0. The third kappa shape index (κ3) is 1170. The zero-order chi connectivity index (χ0) is 10.7. The molecule has 13 heteroatoms. The van der Waals surface area contributed by atoms with E-state index in [1.807, 2.05) is 0 Å². The van der Waals surface area contributed by atoms with Crippen molar-refractivity contribution < 1.29 is 79.2 Å². The van der Waals surface area contributed by atoms with Gasteiger partial charge in [0.05, 0.1) is 0 Å². The van der Waals surface area contributed by atoms with Crippen LogP contribution in [0.15, 0.2) is 0 Å². The molecule has 2 radical (unpaired) electrons. The first-order valence-corrected chi connectivity index (χ1v) is 1.84. The third-order valence-electron chi connectivity index (χ3n) is 0. The molecule has 0 saturated heterocycles. The molecule has 0 aromatic heterocycles. The molecule has 106 valence electrons. The average Bonchev–Trinajstić information content (AvgIpc) is 1.54. The zero-order valence-electron chi connectivity index (χ0n) is 7.78. The van der Waals surface area contributed by atoms with Gasteiger partial charge in [0.15, 0.2) is 0 Å². The first-order valence-electron chi connectivity index (χ1n) is 1.84.